The fraction of sp³-hybridized carbons (Fsp3) is 0.263. The van der Waals surface area contributed by atoms with E-state index in [1.165, 1.54) is 6.07 Å². The number of hydrogen-bond donors (Lipinski definition) is 3. The molecular weight excluding hydrogens is 535 g/mol. The first-order chi connectivity index (χ1) is 16.0. The summed E-state index contributed by atoms with van der Waals surface area (Å²) in [5.41, 5.74) is 0.766. The number of aromatic nitrogens is 2. The van der Waals surface area contributed by atoms with Gasteiger partial charge in [0, 0.05) is 31.6 Å². The van der Waals surface area contributed by atoms with Gasteiger partial charge < -0.3 is 10.6 Å². The number of sulfonamides is 1. The summed E-state index contributed by atoms with van der Waals surface area (Å²) in [6, 6.07) is 4.72. The number of benzene rings is 1. The number of thiophene rings is 1. The lowest BCUT2D eigenvalue weighted by Gasteiger charge is -2.14. The minimum absolute atomic E-state index is 0.0107. The number of alkyl halides is 3. The Bertz CT molecular complexity index is 1440. The lowest BCUT2D eigenvalue weighted by molar-refractivity contribution is -0.137. The van der Waals surface area contributed by atoms with Gasteiger partial charge in [-0.05, 0) is 29.3 Å². The zero-order valence-electron chi connectivity index (χ0n) is 17.0. The molecular formula is C19H15ClF3N5O3S3. The molecule has 3 aromatic rings. The normalized spacial score (nSPS) is 19.4. The maximum Gasteiger partial charge on any atom is 0.420 e. The van der Waals surface area contributed by atoms with Crippen molar-refractivity contribution in [3.8, 4) is 10.6 Å². The first kappa shape index (κ1) is 23.6. The Labute approximate surface area is 203 Å². The second-order valence-corrected chi connectivity index (χ2v) is 12.5. The second kappa shape index (κ2) is 8.53. The van der Waals surface area contributed by atoms with Gasteiger partial charge in [0.15, 0.2) is 4.21 Å². The van der Waals surface area contributed by atoms with Gasteiger partial charge in [0.2, 0.25) is 5.95 Å². The van der Waals surface area contributed by atoms with Crippen LogP contribution in [-0.4, -0.2) is 34.9 Å². The molecule has 180 valence electrons. The van der Waals surface area contributed by atoms with Gasteiger partial charge >= 0.3 is 6.18 Å². The molecule has 2 aliphatic heterocycles. The smallest absolute Gasteiger partial charge is 0.323 e. The predicted octanol–water partition coefficient (Wildman–Crippen LogP) is 3.62. The molecule has 34 heavy (non-hydrogen) atoms. The lowest BCUT2D eigenvalue weighted by atomic mass is 10.1. The summed E-state index contributed by atoms with van der Waals surface area (Å²) in [4.78, 5) is 7.73. The molecule has 0 radical (unpaired) electrons. The topological polar surface area (TPSA) is 113 Å². The molecule has 0 saturated carbocycles. The van der Waals surface area contributed by atoms with Crippen LogP contribution in [0.25, 0.3) is 10.6 Å². The lowest BCUT2D eigenvalue weighted by Crippen LogP contribution is -2.24. The molecule has 4 heterocycles. The first-order valence-electron chi connectivity index (χ1n) is 9.78. The number of halogens is 4. The Morgan fingerprint density at radius 3 is 2.65 bits per heavy atom. The minimum Gasteiger partial charge on any atom is -0.323 e. The van der Waals surface area contributed by atoms with Crippen molar-refractivity contribution in [1.82, 2.24) is 20.0 Å². The molecule has 0 spiro atoms. The van der Waals surface area contributed by atoms with Crippen molar-refractivity contribution < 1.29 is 25.8 Å². The summed E-state index contributed by atoms with van der Waals surface area (Å²) < 4.78 is 80.8. The van der Waals surface area contributed by atoms with Crippen LogP contribution in [0.3, 0.4) is 0 Å². The van der Waals surface area contributed by atoms with Crippen molar-refractivity contribution in [1.29, 1.82) is 0 Å². The number of nitrogens with zero attached hydrogens (tertiary/aromatic N) is 2. The molecule has 1 aromatic carbocycles. The molecule has 5 rings (SSSR count). The fourth-order valence-electron chi connectivity index (χ4n) is 3.64. The van der Waals surface area contributed by atoms with Gasteiger partial charge in [-0.15, -0.1) is 11.3 Å². The standard InChI is InChI=1S/C19H15ClF3N5O3S3/c20-12-3-9-6-24-7-10(9)4-13(12)27-18-25-8-11(19(21,22)23)16(28-18)14-5-15-17(32-14)34(30,31)26-1-2-33(15)29/h3-5,8,24,26H,1-2,6-7H2,(H,25,27,28). The Kier molecular flexibility index (Phi) is 5.93. The number of rotatable bonds is 3. The molecule has 1 atom stereocenters. The van der Waals surface area contributed by atoms with Gasteiger partial charge in [0.05, 0.1) is 37.0 Å². The van der Waals surface area contributed by atoms with Crippen LogP contribution in [0.1, 0.15) is 16.7 Å². The van der Waals surface area contributed by atoms with Gasteiger partial charge in [-0.25, -0.2) is 23.1 Å². The van der Waals surface area contributed by atoms with Gasteiger partial charge in [-0.3, -0.25) is 4.21 Å². The van der Waals surface area contributed by atoms with Gasteiger partial charge in [-0.1, -0.05) is 11.6 Å². The van der Waals surface area contributed by atoms with Crippen molar-refractivity contribution in [3.63, 3.8) is 0 Å². The highest BCUT2D eigenvalue weighted by Gasteiger charge is 2.37. The summed E-state index contributed by atoms with van der Waals surface area (Å²) in [6.07, 6.45) is -4.18. The Balaban J connectivity index is 1.61. The molecule has 2 aliphatic rings. The van der Waals surface area contributed by atoms with Gasteiger partial charge in [0.25, 0.3) is 10.0 Å². The third-order valence-electron chi connectivity index (χ3n) is 5.23. The molecule has 8 nitrogen and oxygen atoms in total. The van der Waals surface area contributed by atoms with Gasteiger partial charge in [0.1, 0.15) is 5.56 Å². The van der Waals surface area contributed by atoms with E-state index in [1.54, 1.807) is 12.1 Å². The Hall–Kier alpha value is -2.10. The van der Waals surface area contributed by atoms with E-state index in [0.717, 1.165) is 11.1 Å². The number of hydrogen-bond acceptors (Lipinski definition) is 8. The van der Waals surface area contributed by atoms with E-state index < -0.39 is 38.3 Å². The average molecular weight is 550 g/mol. The number of anilines is 2. The largest absolute Gasteiger partial charge is 0.420 e. The molecule has 0 amide bonds. The van der Waals surface area contributed by atoms with E-state index >= 15 is 0 Å². The maximum absolute atomic E-state index is 13.8. The average Bonchev–Trinajstić information content (AvgIpc) is 3.38. The van der Waals surface area contributed by atoms with Crippen LogP contribution in [0.5, 0.6) is 0 Å². The third kappa shape index (κ3) is 4.33. The van der Waals surface area contributed by atoms with E-state index in [1.807, 2.05) is 0 Å². The molecule has 0 saturated heterocycles. The maximum atomic E-state index is 13.8. The van der Waals surface area contributed by atoms with E-state index in [9.17, 15) is 25.8 Å². The Morgan fingerprint density at radius 2 is 1.91 bits per heavy atom. The van der Waals surface area contributed by atoms with E-state index in [0.29, 0.717) is 41.3 Å². The van der Waals surface area contributed by atoms with Crippen molar-refractivity contribution in [2.75, 3.05) is 17.6 Å². The molecule has 0 fully saturated rings. The molecule has 0 aliphatic carbocycles. The third-order valence-corrected chi connectivity index (χ3v) is 10.3. The molecule has 0 bridgehead atoms. The van der Waals surface area contributed by atoms with Crippen molar-refractivity contribution in [2.45, 2.75) is 28.4 Å². The van der Waals surface area contributed by atoms with Crippen LogP contribution in [0.2, 0.25) is 5.02 Å². The van der Waals surface area contributed by atoms with Crippen LogP contribution >= 0.6 is 22.9 Å². The molecule has 3 N–H and O–H groups in total. The van der Waals surface area contributed by atoms with Crippen LogP contribution in [-0.2, 0) is 40.1 Å². The molecule has 2 aromatic heterocycles. The van der Waals surface area contributed by atoms with E-state index in [4.69, 9.17) is 11.6 Å². The van der Waals surface area contributed by atoms with Crippen LogP contribution < -0.4 is 15.4 Å². The summed E-state index contributed by atoms with van der Waals surface area (Å²) in [6.45, 7) is 1.26. The number of nitrogens with one attached hydrogen (secondary N) is 3. The fourth-order valence-corrected chi connectivity index (χ4v) is 8.53. The monoisotopic (exact) mass is 549 g/mol. The second-order valence-electron chi connectivity index (χ2n) is 7.49. The van der Waals surface area contributed by atoms with Crippen molar-refractivity contribution in [3.05, 3.63) is 46.1 Å². The van der Waals surface area contributed by atoms with Crippen LogP contribution in [0, 0.1) is 0 Å². The Morgan fingerprint density at radius 1 is 1.18 bits per heavy atom. The summed E-state index contributed by atoms with van der Waals surface area (Å²) >= 11 is 6.90. The zero-order chi connectivity index (χ0) is 24.3. The molecule has 1 unspecified atom stereocenters. The van der Waals surface area contributed by atoms with Crippen molar-refractivity contribution in [2.24, 2.45) is 0 Å². The highest BCUT2D eigenvalue weighted by molar-refractivity contribution is 7.93. The van der Waals surface area contributed by atoms with Crippen LogP contribution in [0.15, 0.2) is 33.5 Å². The number of fused-ring (bicyclic) bond motifs is 2. The summed E-state index contributed by atoms with van der Waals surface area (Å²) in [5.74, 6) is -0.141. The SMILES string of the molecule is O=S1CCNS(=O)(=O)c2sc(-c3nc(Nc4cc5c(cc4Cl)CNC5)ncc3C(F)(F)F)cc21. The van der Waals surface area contributed by atoms with Crippen molar-refractivity contribution >= 4 is 55.4 Å². The van der Waals surface area contributed by atoms with Crippen LogP contribution in [0.4, 0.5) is 24.8 Å². The predicted molar refractivity (Wildman–Crippen MR) is 122 cm³/mol. The van der Waals surface area contributed by atoms with E-state index in [2.05, 4.69) is 25.3 Å². The zero-order valence-corrected chi connectivity index (χ0v) is 20.2. The summed E-state index contributed by atoms with van der Waals surface area (Å²) in [7, 11) is -5.70. The summed E-state index contributed by atoms with van der Waals surface area (Å²) in [5, 5.41) is 6.38. The quantitative estimate of drug-likeness (QED) is 0.457. The highest BCUT2D eigenvalue weighted by Crippen LogP contribution is 2.42. The van der Waals surface area contributed by atoms with Gasteiger partial charge in [-0.2, -0.15) is 13.2 Å². The first-order valence-corrected chi connectivity index (χ1v) is 13.8. The van der Waals surface area contributed by atoms with E-state index in [-0.39, 0.29) is 32.2 Å². The minimum atomic E-state index is -4.80. The molecule has 15 heteroatoms. The highest BCUT2D eigenvalue weighted by atomic mass is 35.5.